The van der Waals surface area contributed by atoms with Crippen molar-refractivity contribution in [3.63, 3.8) is 0 Å². The Morgan fingerprint density at radius 3 is 2.32 bits per heavy atom. The van der Waals surface area contributed by atoms with Gasteiger partial charge in [0.25, 0.3) is 0 Å². The van der Waals surface area contributed by atoms with Crippen LogP contribution >= 0.6 is 0 Å². The van der Waals surface area contributed by atoms with E-state index in [1.165, 1.54) is 17.7 Å². The van der Waals surface area contributed by atoms with E-state index in [1.54, 1.807) is 0 Å². The SMILES string of the molecule is Fc1ccc(C(CCN2CCOCC2)c2ccncc2)cc1. The van der Waals surface area contributed by atoms with Crippen LogP contribution in [0.15, 0.2) is 48.8 Å². The lowest BCUT2D eigenvalue weighted by Crippen LogP contribution is -2.37. The third-order valence-electron chi connectivity index (χ3n) is 4.22. The number of aromatic nitrogens is 1. The van der Waals surface area contributed by atoms with Gasteiger partial charge in [-0.05, 0) is 48.4 Å². The molecule has 1 aromatic carbocycles. The summed E-state index contributed by atoms with van der Waals surface area (Å²) in [4.78, 5) is 6.53. The highest BCUT2D eigenvalue weighted by Crippen LogP contribution is 2.28. The van der Waals surface area contributed by atoms with Gasteiger partial charge >= 0.3 is 0 Å². The molecule has 0 amide bonds. The summed E-state index contributed by atoms with van der Waals surface area (Å²) in [7, 11) is 0. The van der Waals surface area contributed by atoms with E-state index in [1.807, 2.05) is 36.7 Å². The molecule has 0 radical (unpaired) electrons. The van der Waals surface area contributed by atoms with Gasteiger partial charge < -0.3 is 4.74 Å². The predicted molar refractivity (Wildman–Crippen MR) is 84.4 cm³/mol. The molecule has 0 N–H and O–H groups in total. The highest BCUT2D eigenvalue weighted by atomic mass is 19.1. The van der Waals surface area contributed by atoms with Crippen LogP contribution in [0.1, 0.15) is 23.5 Å². The number of morpholine rings is 1. The zero-order valence-electron chi connectivity index (χ0n) is 12.6. The molecule has 116 valence electrons. The number of hydrogen-bond donors (Lipinski definition) is 0. The van der Waals surface area contributed by atoms with Crippen molar-refractivity contribution in [3.05, 3.63) is 65.7 Å². The maximum absolute atomic E-state index is 13.2. The number of halogens is 1. The number of ether oxygens (including phenoxy) is 1. The molecule has 0 aliphatic carbocycles. The zero-order chi connectivity index (χ0) is 15.2. The van der Waals surface area contributed by atoms with E-state index in [0.29, 0.717) is 0 Å². The summed E-state index contributed by atoms with van der Waals surface area (Å²) in [5.41, 5.74) is 2.38. The second-order valence-corrected chi connectivity index (χ2v) is 5.63. The molecule has 1 aliphatic heterocycles. The molecule has 4 heteroatoms. The average molecular weight is 300 g/mol. The van der Waals surface area contributed by atoms with Gasteiger partial charge in [-0.2, -0.15) is 0 Å². The Morgan fingerprint density at radius 2 is 1.64 bits per heavy atom. The van der Waals surface area contributed by atoms with E-state index in [-0.39, 0.29) is 11.7 Å². The lowest BCUT2D eigenvalue weighted by atomic mass is 9.89. The van der Waals surface area contributed by atoms with Crippen molar-refractivity contribution in [2.24, 2.45) is 0 Å². The van der Waals surface area contributed by atoms with E-state index < -0.39 is 0 Å². The van der Waals surface area contributed by atoms with Crippen molar-refractivity contribution < 1.29 is 9.13 Å². The number of nitrogens with zero attached hydrogens (tertiary/aromatic N) is 2. The Balaban J connectivity index is 1.75. The standard InChI is InChI=1S/C18H21FN2O/c19-17-3-1-15(2-4-17)18(16-5-8-20-9-6-16)7-10-21-11-13-22-14-12-21/h1-6,8-9,18H,7,10-14H2. The van der Waals surface area contributed by atoms with E-state index in [9.17, 15) is 4.39 Å². The Labute approximate surface area is 130 Å². The Morgan fingerprint density at radius 1 is 1.00 bits per heavy atom. The molecule has 0 bridgehead atoms. The Hall–Kier alpha value is -1.78. The fraction of sp³-hybridized carbons (Fsp3) is 0.389. The Bertz CT molecular complexity index is 567. The van der Waals surface area contributed by atoms with Crippen LogP contribution in [0.25, 0.3) is 0 Å². The van der Waals surface area contributed by atoms with Crippen LogP contribution in [0.4, 0.5) is 4.39 Å². The average Bonchev–Trinajstić information content (AvgIpc) is 2.58. The van der Waals surface area contributed by atoms with Crippen LogP contribution in [0, 0.1) is 5.82 Å². The van der Waals surface area contributed by atoms with E-state index in [2.05, 4.69) is 9.88 Å². The molecule has 1 saturated heterocycles. The smallest absolute Gasteiger partial charge is 0.123 e. The highest BCUT2D eigenvalue weighted by Gasteiger charge is 2.17. The molecule has 0 spiro atoms. The van der Waals surface area contributed by atoms with Crippen molar-refractivity contribution in [1.29, 1.82) is 0 Å². The molecule has 1 atom stereocenters. The third-order valence-corrected chi connectivity index (χ3v) is 4.22. The van der Waals surface area contributed by atoms with Crippen LogP contribution in [0.3, 0.4) is 0 Å². The molecule has 2 aromatic rings. The number of rotatable bonds is 5. The van der Waals surface area contributed by atoms with Crippen LogP contribution in [-0.4, -0.2) is 42.7 Å². The molecule has 3 nitrogen and oxygen atoms in total. The minimum Gasteiger partial charge on any atom is -0.379 e. The van der Waals surface area contributed by atoms with Gasteiger partial charge in [-0.15, -0.1) is 0 Å². The maximum atomic E-state index is 13.2. The summed E-state index contributed by atoms with van der Waals surface area (Å²) in [6, 6.07) is 11.0. The molecular formula is C18H21FN2O. The van der Waals surface area contributed by atoms with Crippen LogP contribution in [0.2, 0.25) is 0 Å². The fourth-order valence-corrected chi connectivity index (χ4v) is 2.95. The van der Waals surface area contributed by atoms with E-state index in [4.69, 9.17) is 4.74 Å². The molecule has 2 heterocycles. The first-order chi connectivity index (χ1) is 10.8. The lowest BCUT2D eigenvalue weighted by Gasteiger charge is -2.28. The van der Waals surface area contributed by atoms with Gasteiger partial charge in [0.05, 0.1) is 13.2 Å². The van der Waals surface area contributed by atoms with Crippen LogP contribution in [0.5, 0.6) is 0 Å². The monoisotopic (exact) mass is 300 g/mol. The zero-order valence-corrected chi connectivity index (χ0v) is 12.6. The van der Waals surface area contributed by atoms with Gasteiger partial charge in [0.1, 0.15) is 5.82 Å². The van der Waals surface area contributed by atoms with Crippen LogP contribution < -0.4 is 0 Å². The summed E-state index contributed by atoms with van der Waals surface area (Å²) in [5.74, 6) is 0.0804. The van der Waals surface area contributed by atoms with Crippen molar-refractivity contribution in [2.75, 3.05) is 32.8 Å². The maximum Gasteiger partial charge on any atom is 0.123 e. The molecular weight excluding hydrogens is 279 g/mol. The molecule has 1 fully saturated rings. The van der Waals surface area contributed by atoms with E-state index >= 15 is 0 Å². The molecule has 1 unspecified atom stereocenters. The van der Waals surface area contributed by atoms with Crippen molar-refractivity contribution in [2.45, 2.75) is 12.3 Å². The number of pyridine rings is 1. The quantitative estimate of drug-likeness (QED) is 0.848. The molecule has 1 aromatic heterocycles. The minimum absolute atomic E-state index is 0.189. The highest BCUT2D eigenvalue weighted by molar-refractivity contribution is 5.31. The van der Waals surface area contributed by atoms with E-state index in [0.717, 1.165) is 44.8 Å². The van der Waals surface area contributed by atoms with Crippen LogP contribution in [-0.2, 0) is 4.74 Å². The summed E-state index contributed by atoms with van der Waals surface area (Å²) in [6.45, 7) is 4.64. The summed E-state index contributed by atoms with van der Waals surface area (Å²) >= 11 is 0. The fourth-order valence-electron chi connectivity index (χ4n) is 2.95. The molecule has 0 saturated carbocycles. The van der Waals surface area contributed by atoms with Crippen molar-refractivity contribution in [1.82, 2.24) is 9.88 Å². The van der Waals surface area contributed by atoms with Crippen molar-refractivity contribution in [3.8, 4) is 0 Å². The second kappa shape index (κ2) is 7.47. The first-order valence-corrected chi connectivity index (χ1v) is 7.78. The summed E-state index contributed by atoms with van der Waals surface area (Å²) < 4.78 is 18.6. The normalized spacial score (nSPS) is 17.3. The van der Waals surface area contributed by atoms with Gasteiger partial charge in [0.2, 0.25) is 0 Å². The topological polar surface area (TPSA) is 25.4 Å². The minimum atomic E-state index is -0.189. The van der Waals surface area contributed by atoms with Gasteiger partial charge in [-0.1, -0.05) is 12.1 Å². The third kappa shape index (κ3) is 3.90. The summed E-state index contributed by atoms with van der Waals surface area (Å²) in [5, 5.41) is 0. The first kappa shape index (κ1) is 15.1. The number of hydrogen-bond acceptors (Lipinski definition) is 3. The molecule has 3 rings (SSSR count). The van der Waals surface area contributed by atoms with Gasteiger partial charge in [-0.3, -0.25) is 9.88 Å². The first-order valence-electron chi connectivity index (χ1n) is 7.78. The predicted octanol–water partition coefficient (Wildman–Crippen LogP) is 3.07. The molecule has 22 heavy (non-hydrogen) atoms. The second-order valence-electron chi connectivity index (χ2n) is 5.63. The largest absolute Gasteiger partial charge is 0.379 e. The van der Waals surface area contributed by atoms with Gasteiger partial charge in [0, 0.05) is 31.4 Å². The summed E-state index contributed by atoms with van der Waals surface area (Å²) in [6.07, 6.45) is 4.65. The van der Waals surface area contributed by atoms with Crippen molar-refractivity contribution >= 4 is 0 Å². The molecule has 1 aliphatic rings. The number of benzene rings is 1. The van der Waals surface area contributed by atoms with Gasteiger partial charge in [0.15, 0.2) is 0 Å². The van der Waals surface area contributed by atoms with Gasteiger partial charge in [-0.25, -0.2) is 4.39 Å². The lowest BCUT2D eigenvalue weighted by molar-refractivity contribution is 0.0369. The Kier molecular flexibility index (Phi) is 5.14.